The van der Waals surface area contributed by atoms with Crippen LogP contribution in [0.2, 0.25) is 0 Å². The molecule has 0 saturated carbocycles. The largest absolute Gasteiger partial charge is 0.507 e. The molecule has 1 amide bonds. The highest BCUT2D eigenvalue weighted by Crippen LogP contribution is 2.33. The first-order valence-corrected chi connectivity index (χ1v) is 10.4. The van der Waals surface area contributed by atoms with E-state index in [0.717, 1.165) is 17.5 Å². The number of amides is 1. The van der Waals surface area contributed by atoms with E-state index in [1.807, 2.05) is 18.2 Å². The number of oxazole rings is 1. The Kier molecular flexibility index (Phi) is 6.04. The molecule has 4 rings (SSSR count). The number of hydrogen-bond acceptors (Lipinski definition) is 6. The fraction of sp³-hybridized carbons (Fsp3) is 0.125. The summed E-state index contributed by atoms with van der Waals surface area (Å²) in [7, 11) is 1.56. The number of benzene rings is 3. The van der Waals surface area contributed by atoms with Crippen LogP contribution in [0.4, 0.5) is 5.69 Å². The van der Waals surface area contributed by atoms with E-state index in [0.29, 0.717) is 34.0 Å². The zero-order valence-corrected chi connectivity index (χ0v) is 18.3. The maximum Gasteiger partial charge on any atom is 0.257 e. The number of hydrogen-bond donors (Lipinski definition) is 3. The zero-order valence-electron chi connectivity index (χ0n) is 17.5. The summed E-state index contributed by atoms with van der Waals surface area (Å²) in [5.41, 5.74) is 3.92. The van der Waals surface area contributed by atoms with E-state index in [1.54, 1.807) is 43.5 Å². The summed E-state index contributed by atoms with van der Waals surface area (Å²) < 4.78 is 10.9. The third kappa shape index (κ3) is 4.55. The van der Waals surface area contributed by atoms with Gasteiger partial charge in [0.25, 0.3) is 5.91 Å². The highest BCUT2D eigenvalue weighted by atomic mass is 32.1. The molecule has 0 radical (unpaired) electrons. The number of nitrogens with zero attached hydrogens (tertiary/aromatic N) is 1. The molecule has 1 aromatic heterocycles. The number of ether oxygens (including phenoxy) is 1. The number of anilines is 1. The molecule has 7 nitrogen and oxygen atoms in total. The molecule has 32 heavy (non-hydrogen) atoms. The van der Waals surface area contributed by atoms with Crippen LogP contribution in [0.3, 0.4) is 0 Å². The van der Waals surface area contributed by atoms with Crippen LogP contribution in [0, 0.1) is 0 Å². The van der Waals surface area contributed by atoms with Gasteiger partial charge in [-0.05, 0) is 78.8 Å². The van der Waals surface area contributed by atoms with Gasteiger partial charge in [0.15, 0.2) is 10.7 Å². The standard InChI is InChI=1S/C24H21N3O4S/c1-3-14-4-11-21-19(12-14)26-23(31-21)18-13-16(7-10-20(18)28)25-24(32)27-22(29)15-5-8-17(30-2)9-6-15/h4-13,28H,3H2,1-2H3,(H2,25,27,29,32). The number of phenolic OH excluding ortho intramolecular Hbond substituents is 1. The van der Waals surface area contributed by atoms with Gasteiger partial charge in [0.2, 0.25) is 5.89 Å². The number of aromatic hydroxyl groups is 1. The van der Waals surface area contributed by atoms with Gasteiger partial charge in [0, 0.05) is 11.3 Å². The predicted molar refractivity (Wildman–Crippen MR) is 127 cm³/mol. The van der Waals surface area contributed by atoms with Crippen molar-refractivity contribution in [3.63, 3.8) is 0 Å². The van der Waals surface area contributed by atoms with Crippen LogP contribution in [0.1, 0.15) is 22.8 Å². The van der Waals surface area contributed by atoms with Gasteiger partial charge in [-0.2, -0.15) is 0 Å². The molecule has 0 aliphatic heterocycles. The number of carbonyl (C=O) groups excluding carboxylic acids is 1. The lowest BCUT2D eigenvalue weighted by atomic mass is 10.1. The van der Waals surface area contributed by atoms with Crippen LogP contribution in [0.5, 0.6) is 11.5 Å². The quantitative estimate of drug-likeness (QED) is 0.296. The van der Waals surface area contributed by atoms with Crippen molar-refractivity contribution < 1.29 is 19.1 Å². The minimum Gasteiger partial charge on any atom is -0.507 e. The summed E-state index contributed by atoms with van der Waals surface area (Å²) in [6.07, 6.45) is 0.891. The van der Waals surface area contributed by atoms with Crippen LogP contribution in [-0.2, 0) is 6.42 Å². The van der Waals surface area contributed by atoms with Gasteiger partial charge in [-0.3, -0.25) is 10.1 Å². The molecule has 0 aliphatic carbocycles. The molecule has 0 atom stereocenters. The van der Waals surface area contributed by atoms with E-state index in [4.69, 9.17) is 21.4 Å². The Morgan fingerprint density at radius 2 is 1.91 bits per heavy atom. The number of methoxy groups -OCH3 is 1. The number of thiocarbonyl (C=S) groups is 1. The summed E-state index contributed by atoms with van der Waals surface area (Å²) >= 11 is 5.26. The van der Waals surface area contributed by atoms with Crippen LogP contribution < -0.4 is 15.4 Å². The van der Waals surface area contributed by atoms with E-state index in [1.165, 1.54) is 6.07 Å². The molecule has 0 saturated heterocycles. The molecule has 4 aromatic rings. The molecule has 1 heterocycles. The first-order chi connectivity index (χ1) is 15.5. The van der Waals surface area contributed by atoms with Crippen molar-refractivity contribution in [2.45, 2.75) is 13.3 Å². The van der Waals surface area contributed by atoms with E-state index >= 15 is 0 Å². The number of aryl methyl sites for hydroxylation is 1. The summed E-state index contributed by atoms with van der Waals surface area (Å²) in [6.45, 7) is 2.07. The average molecular weight is 448 g/mol. The maximum absolute atomic E-state index is 12.4. The normalized spacial score (nSPS) is 10.7. The van der Waals surface area contributed by atoms with Crippen molar-refractivity contribution in [2.24, 2.45) is 0 Å². The predicted octanol–water partition coefficient (Wildman–Crippen LogP) is 4.90. The Labute approximate surface area is 190 Å². The van der Waals surface area contributed by atoms with Gasteiger partial charge in [0.05, 0.1) is 12.7 Å². The second-order valence-electron chi connectivity index (χ2n) is 7.04. The molecule has 0 unspecified atom stereocenters. The molecule has 8 heteroatoms. The van der Waals surface area contributed by atoms with E-state index in [2.05, 4.69) is 22.5 Å². The van der Waals surface area contributed by atoms with E-state index in [-0.39, 0.29) is 16.8 Å². The summed E-state index contributed by atoms with van der Waals surface area (Å²) in [4.78, 5) is 16.9. The van der Waals surface area contributed by atoms with Gasteiger partial charge in [0.1, 0.15) is 17.0 Å². The second-order valence-corrected chi connectivity index (χ2v) is 7.45. The van der Waals surface area contributed by atoms with Crippen LogP contribution in [0.15, 0.2) is 65.1 Å². The molecule has 0 spiro atoms. The fourth-order valence-electron chi connectivity index (χ4n) is 3.17. The average Bonchev–Trinajstić information content (AvgIpc) is 3.23. The van der Waals surface area contributed by atoms with Crippen molar-refractivity contribution in [2.75, 3.05) is 12.4 Å². The summed E-state index contributed by atoms with van der Waals surface area (Å²) in [5, 5.41) is 16.0. The van der Waals surface area contributed by atoms with Gasteiger partial charge in [-0.15, -0.1) is 0 Å². The molecule has 0 fully saturated rings. The smallest absolute Gasteiger partial charge is 0.257 e. The number of phenols is 1. The Balaban J connectivity index is 1.51. The van der Waals surface area contributed by atoms with Crippen LogP contribution in [-0.4, -0.2) is 28.2 Å². The first kappa shape index (κ1) is 21.3. The van der Waals surface area contributed by atoms with Gasteiger partial charge >= 0.3 is 0 Å². The zero-order chi connectivity index (χ0) is 22.7. The SMILES string of the molecule is CCc1ccc2oc(-c3cc(NC(=S)NC(=O)c4ccc(OC)cc4)ccc3O)nc2c1. The molecule has 162 valence electrons. The summed E-state index contributed by atoms with van der Waals surface area (Å²) in [6, 6.07) is 17.3. The number of rotatable bonds is 5. The number of nitrogens with one attached hydrogen (secondary N) is 2. The van der Waals surface area contributed by atoms with Gasteiger partial charge in [-0.1, -0.05) is 13.0 Å². The number of fused-ring (bicyclic) bond motifs is 1. The highest BCUT2D eigenvalue weighted by molar-refractivity contribution is 7.80. The minimum absolute atomic E-state index is 0.0195. The van der Waals surface area contributed by atoms with Crippen molar-refractivity contribution in [1.82, 2.24) is 10.3 Å². The van der Waals surface area contributed by atoms with Gasteiger partial charge in [-0.25, -0.2) is 4.98 Å². The molecule has 3 aromatic carbocycles. The van der Waals surface area contributed by atoms with Crippen molar-refractivity contribution in [3.8, 4) is 23.0 Å². The van der Waals surface area contributed by atoms with Crippen molar-refractivity contribution in [3.05, 3.63) is 71.8 Å². The van der Waals surface area contributed by atoms with Gasteiger partial charge < -0.3 is 19.6 Å². The van der Waals surface area contributed by atoms with E-state index in [9.17, 15) is 9.90 Å². The molecular formula is C24H21N3O4S. The lowest BCUT2D eigenvalue weighted by Gasteiger charge is -2.11. The molecule has 3 N–H and O–H groups in total. The fourth-order valence-corrected chi connectivity index (χ4v) is 3.38. The molecule has 0 bridgehead atoms. The summed E-state index contributed by atoms with van der Waals surface area (Å²) in [5.74, 6) is 0.618. The highest BCUT2D eigenvalue weighted by Gasteiger charge is 2.15. The topological polar surface area (TPSA) is 96.6 Å². The number of carbonyl (C=O) groups is 1. The van der Waals surface area contributed by atoms with Crippen molar-refractivity contribution in [1.29, 1.82) is 0 Å². The monoisotopic (exact) mass is 447 g/mol. The third-order valence-electron chi connectivity index (χ3n) is 4.92. The minimum atomic E-state index is -0.352. The Bertz CT molecular complexity index is 1300. The van der Waals surface area contributed by atoms with Crippen LogP contribution in [0.25, 0.3) is 22.6 Å². The second kappa shape index (κ2) is 9.07. The molecular weight excluding hydrogens is 426 g/mol. The first-order valence-electron chi connectivity index (χ1n) is 9.96. The lowest BCUT2D eigenvalue weighted by molar-refractivity contribution is 0.0977. The number of aromatic nitrogens is 1. The van der Waals surface area contributed by atoms with E-state index < -0.39 is 0 Å². The maximum atomic E-state index is 12.4. The van der Waals surface area contributed by atoms with Crippen LogP contribution >= 0.6 is 12.2 Å². The Morgan fingerprint density at radius 1 is 1.12 bits per heavy atom. The van der Waals surface area contributed by atoms with Crippen molar-refractivity contribution >= 4 is 40.0 Å². The molecule has 0 aliphatic rings. The Hall–Kier alpha value is -3.91. The lowest BCUT2D eigenvalue weighted by Crippen LogP contribution is -2.34. The third-order valence-corrected chi connectivity index (χ3v) is 5.13. The Morgan fingerprint density at radius 3 is 2.62 bits per heavy atom.